The maximum atomic E-state index is 13.0. The summed E-state index contributed by atoms with van der Waals surface area (Å²) < 4.78 is 48.7. The quantitative estimate of drug-likeness (QED) is 0.301. The van der Waals surface area contributed by atoms with Crippen LogP contribution in [0.2, 0.25) is 0 Å². The number of rotatable bonds is 10. The van der Waals surface area contributed by atoms with Crippen molar-refractivity contribution in [3.05, 3.63) is 54.3 Å². The van der Waals surface area contributed by atoms with Crippen molar-refractivity contribution in [2.45, 2.75) is 30.2 Å². The summed E-state index contributed by atoms with van der Waals surface area (Å²) in [5.41, 5.74) is 5.84. The van der Waals surface area contributed by atoms with Gasteiger partial charge < -0.3 is 15.2 Å². The van der Waals surface area contributed by atoms with Crippen LogP contribution in [0.15, 0.2) is 53.4 Å². The van der Waals surface area contributed by atoms with E-state index in [1.165, 1.54) is 48.5 Å². The van der Waals surface area contributed by atoms with Crippen LogP contribution in [0.1, 0.15) is 19.3 Å². The maximum Gasteiger partial charge on any atom is 0.289 e. The molecular weight excluding hydrogens is 453 g/mol. The van der Waals surface area contributed by atoms with Gasteiger partial charge in [-0.2, -0.15) is 8.42 Å². The molecule has 2 aromatic carbocycles. The average molecular weight is 482 g/mol. The summed E-state index contributed by atoms with van der Waals surface area (Å²) >= 11 is 0. The van der Waals surface area contributed by atoms with Crippen LogP contribution in [-0.4, -0.2) is 67.8 Å². The maximum absolute atomic E-state index is 13.0. The first-order valence-corrected chi connectivity index (χ1v) is 12.1. The molecule has 1 heterocycles. The van der Waals surface area contributed by atoms with Crippen LogP contribution in [0.25, 0.3) is 0 Å². The molecule has 11 heteroatoms. The van der Waals surface area contributed by atoms with E-state index in [4.69, 9.17) is 15.2 Å². The first-order chi connectivity index (χ1) is 15.8. The Balaban J connectivity index is 1.52. The van der Waals surface area contributed by atoms with E-state index in [0.717, 1.165) is 26.1 Å². The minimum absolute atomic E-state index is 0.250. The molecule has 3 N–H and O–H groups in total. The first kappa shape index (κ1) is 25.1. The van der Waals surface area contributed by atoms with Gasteiger partial charge in [0.25, 0.3) is 15.9 Å². The normalized spacial score (nSPS) is 15.7. The summed E-state index contributed by atoms with van der Waals surface area (Å²) in [6.45, 7) is 3.98. The van der Waals surface area contributed by atoms with Gasteiger partial charge in [0, 0.05) is 13.1 Å². The Morgan fingerprint density at radius 2 is 1.67 bits per heavy atom. The van der Waals surface area contributed by atoms with Gasteiger partial charge in [0.1, 0.15) is 17.3 Å². The fourth-order valence-corrected chi connectivity index (χ4v) is 4.38. The Hall–Kier alpha value is -2.57. The van der Waals surface area contributed by atoms with Crippen molar-refractivity contribution in [2.24, 2.45) is 5.73 Å². The average Bonchev–Trinajstić information content (AvgIpc) is 2.83. The van der Waals surface area contributed by atoms with E-state index in [9.17, 15) is 22.8 Å². The van der Waals surface area contributed by atoms with Crippen molar-refractivity contribution in [3.63, 3.8) is 0 Å². The summed E-state index contributed by atoms with van der Waals surface area (Å²) in [6, 6.07) is 9.28. The number of nitrogens with zero attached hydrogens (tertiary/aromatic N) is 2. The zero-order chi connectivity index (χ0) is 23.8. The molecule has 9 nitrogen and oxygen atoms in total. The lowest BCUT2D eigenvalue weighted by atomic mass is 10.1. The molecular formula is C22H28FN3O6S. The van der Waals surface area contributed by atoms with Gasteiger partial charge in [0.2, 0.25) is 0 Å². The van der Waals surface area contributed by atoms with Gasteiger partial charge >= 0.3 is 0 Å². The molecule has 33 heavy (non-hydrogen) atoms. The van der Waals surface area contributed by atoms with Crippen molar-refractivity contribution in [1.82, 2.24) is 9.37 Å². The van der Waals surface area contributed by atoms with Crippen molar-refractivity contribution >= 4 is 15.9 Å². The standard InChI is InChI=1S/C22H28FN3O6S/c23-17-4-6-18(7-5-17)32-19-8-10-20(11-9-19)33(29,30)26(28)22(27)21(24)3-1-2-12-25-13-15-31-16-14-25/h4-11,21,28H,1-3,12-16,24H2/t21-/m1/s1. The van der Waals surface area contributed by atoms with E-state index in [-0.39, 0.29) is 15.8 Å². The van der Waals surface area contributed by atoms with Gasteiger partial charge in [-0.3, -0.25) is 14.9 Å². The molecule has 1 aliphatic rings. The zero-order valence-corrected chi connectivity index (χ0v) is 18.9. The Morgan fingerprint density at radius 3 is 2.27 bits per heavy atom. The van der Waals surface area contributed by atoms with E-state index in [0.29, 0.717) is 31.1 Å². The first-order valence-electron chi connectivity index (χ1n) is 10.6. The highest BCUT2D eigenvalue weighted by atomic mass is 32.2. The van der Waals surface area contributed by atoms with Gasteiger partial charge in [0.15, 0.2) is 0 Å². The van der Waals surface area contributed by atoms with Crippen molar-refractivity contribution in [3.8, 4) is 11.5 Å². The predicted octanol–water partition coefficient (Wildman–Crippen LogP) is 2.35. The highest BCUT2D eigenvalue weighted by molar-refractivity contribution is 7.89. The lowest BCUT2D eigenvalue weighted by Gasteiger charge is -2.26. The van der Waals surface area contributed by atoms with Crippen LogP contribution in [0, 0.1) is 5.82 Å². The second-order valence-corrected chi connectivity index (χ2v) is 9.44. The van der Waals surface area contributed by atoms with E-state index in [1.807, 2.05) is 0 Å². The third kappa shape index (κ3) is 6.95. The molecule has 3 rings (SSSR count). The van der Waals surface area contributed by atoms with E-state index in [2.05, 4.69) is 4.90 Å². The van der Waals surface area contributed by atoms with Gasteiger partial charge in [-0.25, -0.2) is 4.39 Å². The van der Waals surface area contributed by atoms with Gasteiger partial charge in [-0.1, -0.05) is 6.42 Å². The SMILES string of the molecule is N[C@H](CCCCN1CCOCC1)C(=O)N(O)S(=O)(=O)c1ccc(Oc2ccc(F)cc2)cc1. The second kappa shape index (κ2) is 11.5. The second-order valence-electron chi connectivity index (χ2n) is 7.67. The molecule has 0 aromatic heterocycles. The predicted molar refractivity (Wildman–Crippen MR) is 118 cm³/mol. The number of halogens is 1. The van der Waals surface area contributed by atoms with Crippen molar-refractivity contribution < 1.29 is 32.3 Å². The molecule has 180 valence electrons. The molecule has 0 saturated carbocycles. The summed E-state index contributed by atoms with van der Waals surface area (Å²) in [5, 5.41) is 10.1. The molecule has 2 aromatic rings. The van der Waals surface area contributed by atoms with Crippen LogP contribution >= 0.6 is 0 Å². The van der Waals surface area contributed by atoms with Gasteiger partial charge in [0.05, 0.1) is 24.2 Å². The number of hydrogen-bond donors (Lipinski definition) is 2. The number of ether oxygens (including phenoxy) is 2. The number of hydroxylamine groups is 1. The number of hydrogen-bond acceptors (Lipinski definition) is 8. The van der Waals surface area contributed by atoms with E-state index in [1.54, 1.807) is 0 Å². The van der Waals surface area contributed by atoms with Crippen LogP contribution in [0.4, 0.5) is 4.39 Å². The van der Waals surface area contributed by atoms with Gasteiger partial charge in [-0.05, 0) is 67.9 Å². The largest absolute Gasteiger partial charge is 0.457 e. The van der Waals surface area contributed by atoms with Gasteiger partial charge in [-0.15, -0.1) is 4.47 Å². The number of carbonyl (C=O) groups is 1. The lowest BCUT2D eigenvalue weighted by molar-refractivity contribution is -0.147. The summed E-state index contributed by atoms with van der Waals surface area (Å²) in [5.74, 6) is -0.835. The number of benzene rings is 2. The lowest BCUT2D eigenvalue weighted by Crippen LogP contribution is -2.45. The molecule has 0 unspecified atom stereocenters. The summed E-state index contributed by atoms with van der Waals surface area (Å²) in [6.07, 6.45) is 1.67. The highest BCUT2D eigenvalue weighted by Gasteiger charge is 2.31. The molecule has 0 bridgehead atoms. The van der Waals surface area contributed by atoms with Crippen molar-refractivity contribution in [2.75, 3.05) is 32.8 Å². The highest BCUT2D eigenvalue weighted by Crippen LogP contribution is 2.24. The summed E-state index contributed by atoms with van der Waals surface area (Å²) in [4.78, 5) is 14.3. The van der Waals surface area contributed by atoms with Crippen molar-refractivity contribution in [1.29, 1.82) is 0 Å². The number of nitrogens with two attached hydrogens (primary N) is 1. The fourth-order valence-electron chi connectivity index (χ4n) is 3.33. The fraction of sp³-hybridized carbons (Fsp3) is 0.409. The van der Waals surface area contributed by atoms with E-state index >= 15 is 0 Å². The van der Waals surface area contributed by atoms with Crippen LogP contribution in [-0.2, 0) is 19.6 Å². The summed E-state index contributed by atoms with van der Waals surface area (Å²) in [7, 11) is -4.49. The molecule has 1 saturated heterocycles. The van der Waals surface area contributed by atoms with Crippen LogP contribution < -0.4 is 10.5 Å². The number of amides is 1. The third-order valence-corrected chi connectivity index (χ3v) is 6.75. The number of sulfonamides is 1. The Morgan fingerprint density at radius 1 is 1.09 bits per heavy atom. The minimum Gasteiger partial charge on any atom is -0.457 e. The third-order valence-electron chi connectivity index (χ3n) is 5.25. The minimum atomic E-state index is -4.49. The molecule has 0 spiro atoms. The molecule has 1 atom stereocenters. The molecule has 0 aliphatic carbocycles. The topological polar surface area (TPSA) is 122 Å². The monoisotopic (exact) mass is 481 g/mol. The Labute approximate surface area is 192 Å². The van der Waals surface area contributed by atoms with Crippen LogP contribution in [0.5, 0.6) is 11.5 Å². The zero-order valence-electron chi connectivity index (χ0n) is 18.1. The molecule has 1 aliphatic heterocycles. The molecule has 1 amide bonds. The van der Waals surface area contributed by atoms with Crippen LogP contribution in [0.3, 0.4) is 0 Å². The Kier molecular flexibility index (Phi) is 8.75. The Bertz CT molecular complexity index is 1010. The molecule has 0 radical (unpaired) electrons. The molecule has 1 fully saturated rings. The number of morpholine rings is 1. The number of carbonyl (C=O) groups excluding carboxylic acids is 1. The van der Waals surface area contributed by atoms with E-state index < -0.39 is 27.8 Å². The number of unbranched alkanes of at least 4 members (excludes halogenated alkanes) is 1. The smallest absolute Gasteiger partial charge is 0.289 e.